The van der Waals surface area contributed by atoms with Crippen molar-refractivity contribution in [2.24, 2.45) is 0 Å². The average Bonchev–Trinajstić information content (AvgIpc) is 2.46. The molecule has 1 N–H and O–H groups in total. The first kappa shape index (κ1) is 17.8. The molecule has 21 heavy (non-hydrogen) atoms. The zero-order valence-corrected chi connectivity index (χ0v) is 13.8. The summed E-state index contributed by atoms with van der Waals surface area (Å²) < 4.78 is 10.3. The molecule has 0 spiro atoms. The molecule has 0 unspecified atom stereocenters. The Hall–Kier alpha value is -1.24. The molecule has 0 aliphatic carbocycles. The Kier molecular flexibility index (Phi) is 8.19. The highest BCUT2D eigenvalue weighted by molar-refractivity contribution is 5.33. The van der Waals surface area contributed by atoms with Gasteiger partial charge in [0, 0.05) is 57.3 Å². The van der Waals surface area contributed by atoms with Gasteiger partial charge in [0.05, 0.1) is 13.2 Å². The van der Waals surface area contributed by atoms with Gasteiger partial charge >= 0.3 is 0 Å². The van der Waals surface area contributed by atoms with Gasteiger partial charge in [0.1, 0.15) is 0 Å². The third-order valence-corrected chi connectivity index (χ3v) is 3.18. The lowest BCUT2D eigenvalue weighted by molar-refractivity contribution is 0.189. The number of nitrogens with one attached hydrogen (secondary N) is 1. The van der Waals surface area contributed by atoms with Gasteiger partial charge in [-0.2, -0.15) is 0 Å². The molecule has 0 saturated carbocycles. The molecule has 120 valence electrons. The maximum absolute atomic E-state index is 5.14. The lowest BCUT2D eigenvalue weighted by Crippen LogP contribution is -2.32. The van der Waals surface area contributed by atoms with E-state index in [1.165, 1.54) is 0 Å². The highest BCUT2D eigenvalue weighted by Gasteiger charge is 2.11. The Morgan fingerprint density at radius 2 is 1.81 bits per heavy atom. The molecule has 1 heterocycles. The monoisotopic (exact) mass is 296 g/mol. The van der Waals surface area contributed by atoms with Gasteiger partial charge in [-0.05, 0) is 6.92 Å². The van der Waals surface area contributed by atoms with Crippen LogP contribution < -0.4 is 10.2 Å². The number of ether oxygens (including phenoxy) is 2. The number of hydrogen-bond donors (Lipinski definition) is 1. The zero-order valence-electron chi connectivity index (χ0n) is 13.8. The summed E-state index contributed by atoms with van der Waals surface area (Å²) in [5.74, 6) is 0.731. The third-order valence-electron chi connectivity index (χ3n) is 3.18. The van der Waals surface area contributed by atoms with Gasteiger partial charge in [-0.3, -0.25) is 0 Å². The number of aromatic nitrogens is 2. The molecule has 0 bridgehead atoms. The SMILES string of the molecule is COCCN(CCOC)c1ncc(CNC(C)C)c(C)n1. The summed E-state index contributed by atoms with van der Waals surface area (Å²) in [6.07, 6.45) is 1.90. The molecule has 0 atom stereocenters. The Morgan fingerprint density at radius 1 is 1.19 bits per heavy atom. The van der Waals surface area contributed by atoms with Gasteiger partial charge in [0.2, 0.25) is 5.95 Å². The lowest BCUT2D eigenvalue weighted by atomic mass is 10.2. The van der Waals surface area contributed by atoms with E-state index in [4.69, 9.17) is 9.47 Å². The fourth-order valence-corrected chi connectivity index (χ4v) is 1.83. The maximum Gasteiger partial charge on any atom is 0.225 e. The molecule has 0 aliphatic heterocycles. The smallest absolute Gasteiger partial charge is 0.225 e. The molecular weight excluding hydrogens is 268 g/mol. The van der Waals surface area contributed by atoms with Crippen LogP contribution in [-0.4, -0.2) is 56.5 Å². The molecule has 1 aromatic rings. The van der Waals surface area contributed by atoms with Crippen molar-refractivity contribution in [3.8, 4) is 0 Å². The van der Waals surface area contributed by atoms with E-state index in [0.29, 0.717) is 19.3 Å². The van der Waals surface area contributed by atoms with Crippen LogP contribution in [0, 0.1) is 6.92 Å². The summed E-state index contributed by atoms with van der Waals surface area (Å²) in [4.78, 5) is 11.2. The highest BCUT2D eigenvalue weighted by atomic mass is 16.5. The van der Waals surface area contributed by atoms with Gasteiger partial charge in [-0.1, -0.05) is 13.8 Å². The van der Waals surface area contributed by atoms with Crippen LogP contribution in [0.15, 0.2) is 6.20 Å². The van der Waals surface area contributed by atoms with Crippen LogP contribution in [0.2, 0.25) is 0 Å². The van der Waals surface area contributed by atoms with E-state index >= 15 is 0 Å². The largest absolute Gasteiger partial charge is 0.383 e. The number of hydrogen-bond acceptors (Lipinski definition) is 6. The molecular formula is C15H28N4O2. The van der Waals surface area contributed by atoms with E-state index in [-0.39, 0.29) is 0 Å². The predicted octanol–water partition coefficient (Wildman–Crippen LogP) is 1.38. The summed E-state index contributed by atoms with van der Waals surface area (Å²) in [5, 5.41) is 3.39. The Morgan fingerprint density at radius 3 is 2.29 bits per heavy atom. The summed E-state index contributed by atoms with van der Waals surface area (Å²) in [6, 6.07) is 0.448. The summed E-state index contributed by atoms with van der Waals surface area (Å²) in [7, 11) is 3.39. The lowest BCUT2D eigenvalue weighted by Gasteiger charge is -2.22. The molecule has 6 nitrogen and oxygen atoms in total. The molecule has 6 heteroatoms. The van der Waals surface area contributed by atoms with Crippen molar-refractivity contribution >= 4 is 5.95 Å². The quantitative estimate of drug-likeness (QED) is 0.704. The van der Waals surface area contributed by atoms with Crippen LogP contribution in [-0.2, 0) is 16.0 Å². The Balaban J connectivity index is 2.76. The minimum atomic E-state index is 0.448. The van der Waals surface area contributed by atoms with Gasteiger partial charge in [0.25, 0.3) is 0 Å². The van der Waals surface area contributed by atoms with Crippen LogP contribution in [0.3, 0.4) is 0 Å². The van der Waals surface area contributed by atoms with Crippen LogP contribution in [0.25, 0.3) is 0 Å². The van der Waals surface area contributed by atoms with Crippen LogP contribution in [0.5, 0.6) is 0 Å². The molecule has 0 saturated heterocycles. The molecule has 1 rings (SSSR count). The van der Waals surface area contributed by atoms with Gasteiger partial charge < -0.3 is 19.7 Å². The summed E-state index contributed by atoms with van der Waals surface area (Å²) in [5.41, 5.74) is 2.14. The molecule has 0 aliphatic rings. The van der Waals surface area contributed by atoms with E-state index in [0.717, 1.165) is 36.8 Å². The van der Waals surface area contributed by atoms with Gasteiger partial charge in [-0.15, -0.1) is 0 Å². The number of nitrogens with zero attached hydrogens (tertiary/aromatic N) is 3. The van der Waals surface area contributed by atoms with E-state index in [2.05, 4.69) is 34.0 Å². The molecule has 0 radical (unpaired) electrons. The fourth-order valence-electron chi connectivity index (χ4n) is 1.83. The molecule has 0 fully saturated rings. The van der Waals surface area contributed by atoms with Crippen molar-refractivity contribution in [1.29, 1.82) is 0 Å². The first-order valence-corrected chi connectivity index (χ1v) is 7.37. The third kappa shape index (κ3) is 6.37. The minimum Gasteiger partial charge on any atom is -0.383 e. The molecule has 1 aromatic heterocycles. The predicted molar refractivity (Wildman–Crippen MR) is 84.7 cm³/mol. The number of aryl methyl sites for hydroxylation is 1. The number of anilines is 1. The summed E-state index contributed by atoms with van der Waals surface area (Å²) in [6.45, 7) is 9.86. The van der Waals surface area contributed by atoms with Crippen molar-refractivity contribution < 1.29 is 9.47 Å². The van der Waals surface area contributed by atoms with Gasteiger partial charge in [-0.25, -0.2) is 9.97 Å². The normalized spacial score (nSPS) is 11.1. The van der Waals surface area contributed by atoms with Crippen molar-refractivity contribution in [2.45, 2.75) is 33.4 Å². The van der Waals surface area contributed by atoms with Crippen molar-refractivity contribution in [1.82, 2.24) is 15.3 Å². The van der Waals surface area contributed by atoms with Crippen molar-refractivity contribution in [3.05, 3.63) is 17.5 Å². The standard InChI is InChI=1S/C15H28N4O2/c1-12(2)16-10-14-11-17-15(18-13(14)3)19(6-8-20-4)7-9-21-5/h11-12,16H,6-10H2,1-5H3. The number of rotatable bonds is 10. The topological polar surface area (TPSA) is 59.5 Å². The summed E-state index contributed by atoms with van der Waals surface area (Å²) >= 11 is 0. The first-order valence-electron chi connectivity index (χ1n) is 7.37. The van der Waals surface area contributed by atoms with Crippen molar-refractivity contribution in [2.75, 3.05) is 45.4 Å². The van der Waals surface area contributed by atoms with Crippen molar-refractivity contribution in [3.63, 3.8) is 0 Å². The maximum atomic E-state index is 5.14. The van der Waals surface area contributed by atoms with E-state index in [9.17, 15) is 0 Å². The first-order chi connectivity index (χ1) is 10.1. The van der Waals surface area contributed by atoms with Crippen LogP contribution >= 0.6 is 0 Å². The Labute approximate surface area is 127 Å². The van der Waals surface area contributed by atoms with Gasteiger partial charge in [0.15, 0.2) is 0 Å². The second-order valence-electron chi connectivity index (χ2n) is 5.29. The van der Waals surface area contributed by atoms with E-state index in [1.807, 2.05) is 13.1 Å². The molecule has 0 amide bonds. The highest BCUT2D eigenvalue weighted by Crippen LogP contribution is 2.11. The molecule has 0 aromatic carbocycles. The average molecular weight is 296 g/mol. The second-order valence-corrected chi connectivity index (χ2v) is 5.29. The van der Waals surface area contributed by atoms with E-state index < -0.39 is 0 Å². The number of methoxy groups -OCH3 is 2. The van der Waals surface area contributed by atoms with E-state index in [1.54, 1.807) is 14.2 Å². The van der Waals surface area contributed by atoms with Crippen LogP contribution in [0.4, 0.5) is 5.95 Å². The minimum absolute atomic E-state index is 0.448. The zero-order chi connectivity index (χ0) is 15.7. The van der Waals surface area contributed by atoms with Crippen LogP contribution in [0.1, 0.15) is 25.1 Å². The second kappa shape index (κ2) is 9.65. The Bertz CT molecular complexity index is 405. The fraction of sp³-hybridized carbons (Fsp3) is 0.733.